The Morgan fingerprint density at radius 3 is 2.70 bits per heavy atom. The first-order valence-electron chi connectivity index (χ1n) is 6.98. The Labute approximate surface area is 144 Å². The van der Waals surface area contributed by atoms with E-state index in [0.29, 0.717) is 40.6 Å². The number of benzene rings is 2. The van der Waals surface area contributed by atoms with E-state index < -0.39 is 0 Å². The second-order valence-corrected chi connectivity index (χ2v) is 5.62. The average molecular weight is 352 g/mol. The quantitative estimate of drug-likeness (QED) is 0.776. The fourth-order valence-electron chi connectivity index (χ4n) is 1.96. The second-order valence-electron chi connectivity index (χ2n) is 4.78. The molecule has 0 heterocycles. The second kappa shape index (κ2) is 8.56. The van der Waals surface area contributed by atoms with Gasteiger partial charge in [0.15, 0.2) is 12.9 Å². The number of aldehydes is 1. The maximum Gasteiger partial charge on any atom is 0.257 e. The van der Waals surface area contributed by atoms with Crippen molar-refractivity contribution in [3.63, 3.8) is 0 Å². The normalized spacial score (nSPS) is 10.2. The van der Waals surface area contributed by atoms with E-state index in [4.69, 9.17) is 27.9 Å². The lowest BCUT2D eigenvalue weighted by atomic mass is 10.1. The van der Waals surface area contributed by atoms with Gasteiger partial charge in [-0.15, -0.1) is 0 Å². The molecule has 0 aliphatic rings. The molecule has 6 heteroatoms. The molecule has 120 valence electrons. The van der Waals surface area contributed by atoms with E-state index in [1.807, 2.05) is 6.07 Å². The van der Waals surface area contributed by atoms with Gasteiger partial charge in [0.1, 0.15) is 5.75 Å². The summed E-state index contributed by atoms with van der Waals surface area (Å²) in [6.45, 7) is 0.276. The minimum absolute atomic E-state index is 0.154. The van der Waals surface area contributed by atoms with Crippen molar-refractivity contribution >= 4 is 35.4 Å². The molecule has 0 aliphatic heterocycles. The summed E-state index contributed by atoms with van der Waals surface area (Å²) in [7, 11) is 0. The largest absolute Gasteiger partial charge is 0.483 e. The first-order chi connectivity index (χ1) is 11.1. The maximum atomic E-state index is 11.8. The van der Waals surface area contributed by atoms with Crippen LogP contribution in [0.1, 0.15) is 15.9 Å². The molecule has 0 unspecified atom stereocenters. The Morgan fingerprint density at radius 2 is 1.96 bits per heavy atom. The van der Waals surface area contributed by atoms with E-state index in [1.165, 1.54) is 0 Å². The van der Waals surface area contributed by atoms with Gasteiger partial charge in [0.05, 0.1) is 5.56 Å². The summed E-state index contributed by atoms with van der Waals surface area (Å²) in [5.74, 6) is 0.120. The van der Waals surface area contributed by atoms with Gasteiger partial charge in [-0.05, 0) is 36.2 Å². The molecule has 2 aromatic rings. The molecular formula is C17H15Cl2NO3. The molecule has 0 saturated carbocycles. The van der Waals surface area contributed by atoms with Crippen LogP contribution in [-0.2, 0) is 11.2 Å². The number of amides is 1. The van der Waals surface area contributed by atoms with Gasteiger partial charge in [0, 0.05) is 16.6 Å². The van der Waals surface area contributed by atoms with Crippen LogP contribution in [0.15, 0.2) is 42.5 Å². The van der Waals surface area contributed by atoms with Gasteiger partial charge < -0.3 is 10.1 Å². The lowest BCUT2D eigenvalue weighted by Gasteiger charge is -2.09. The standard InChI is InChI=1S/C17H15Cl2NO3/c18-14-6-5-12(15(19)9-14)7-8-20-17(22)11-23-16-4-2-1-3-13(16)10-21/h1-6,9-10H,7-8,11H2,(H,20,22). The summed E-state index contributed by atoms with van der Waals surface area (Å²) in [4.78, 5) is 22.6. The predicted octanol–water partition coefficient (Wildman–Crippen LogP) is 3.54. The highest BCUT2D eigenvalue weighted by Gasteiger charge is 2.07. The molecule has 4 nitrogen and oxygen atoms in total. The van der Waals surface area contributed by atoms with E-state index in [-0.39, 0.29) is 12.5 Å². The molecule has 0 bridgehead atoms. The first-order valence-corrected chi connectivity index (χ1v) is 7.73. The molecular weight excluding hydrogens is 337 g/mol. The van der Waals surface area contributed by atoms with Crippen LogP contribution in [0.2, 0.25) is 10.0 Å². The molecule has 23 heavy (non-hydrogen) atoms. The van der Waals surface area contributed by atoms with Crippen molar-refractivity contribution in [2.24, 2.45) is 0 Å². The van der Waals surface area contributed by atoms with E-state index in [2.05, 4.69) is 5.32 Å². The number of halogens is 2. The molecule has 1 amide bonds. The van der Waals surface area contributed by atoms with Crippen LogP contribution in [0.4, 0.5) is 0 Å². The number of hydrogen-bond acceptors (Lipinski definition) is 3. The van der Waals surface area contributed by atoms with Gasteiger partial charge in [0.25, 0.3) is 5.91 Å². The van der Waals surface area contributed by atoms with Gasteiger partial charge >= 0.3 is 0 Å². The van der Waals surface area contributed by atoms with Crippen molar-refractivity contribution in [2.75, 3.05) is 13.2 Å². The lowest BCUT2D eigenvalue weighted by molar-refractivity contribution is -0.123. The highest BCUT2D eigenvalue weighted by Crippen LogP contribution is 2.21. The van der Waals surface area contributed by atoms with E-state index in [0.717, 1.165) is 5.56 Å². The van der Waals surface area contributed by atoms with E-state index >= 15 is 0 Å². The molecule has 0 radical (unpaired) electrons. The topological polar surface area (TPSA) is 55.4 Å². The zero-order valence-corrected chi connectivity index (χ0v) is 13.7. The monoisotopic (exact) mass is 351 g/mol. The summed E-state index contributed by atoms with van der Waals surface area (Å²) >= 11 is 11.9. The zero-order chi connectivity index (χ0) is 16.7. The van der Waals surface area contributed by atoms with Crippen molar-refractivity contribution in [1.29, 1.82) is 0 Å². The smallest absolute Gasteiger partial charge is 0.257 e. The summed E-state index contributed by atoms with van der Waals surface area (Å²) in [5, 5.41) is 3.88. The Kier molecular flexibility index (Phi) is 6.44. The first kappa shape index (κ1) is 17.3. The summed E-state index contributed by atoms with van der Waals surface area (Å²) in [5.41, 5.74) is 1.32. The van der Waals surface area contributed by atoms with Crippen LogP contribution >= 0.6 is 23.2 Å². The van der Waals surface area contributed by atoms with Crippen molar-refractivity contribution < 1.29 is 14.3 Å². The van der Waals surface area contributed by atoms with Crippen molar-refractivity contribution in [3.05, 3.63) is 63.6 Å². The Balaban J connectivity index is 1.78. The van der Waals surface area contributed by atoms with Gasteiger partial charge in [-0.2, -0.15) is 0 Å². The third-order valence-corrected chi connectivity index (χ3v) is 3.72. The molecule has 0 fully saturated rings. The fraction of sp³-hybridized carbons (Fsp3) is 0.176. The number of para-hydroxylation sites is 1. The molecule has 0 spiro atoms. The van der Waals surface area contributed by atoms with Crippen molar-refractivity contribution in [2.45, 2.75) is 6.42 Å². The third-order valence-electron chi connectivity index (χ3n) is 3.14. The number of carbonyl (C=O) groups is 2. The molecule has 0 aliphatic carbocycles. The highest BCUT2D eigenvalue weighted by atomic mass is 35.5. The number of hydrogen-bond donors (Lipinski definition) is 1. The molecule has 1 N–H and O–H groups in total. The fourth-order valence-corrected chi connectivity index (χ4v) is 2.47. The predicted molar refractivity (Wildman–Crippen MR) is 90.5 cm³/mol. The SMILES string of the molecule is O=Cc1ccccc1OCC(=O)NCCc1ccc(Cl)cc1Cl. The van der Waals surface area contributed by atoms with Crippen molar-refractivity contribution in [3.8, 4) is 5.75 Å². The average Bonchev–Trinajstić information content (AvgIpc) is 2.55. The van der Waals surface area contributed by atoms with Gasteiger partial charge in [-0.1, -0.05) is 41.4 Å². The van der Waals surface area contributed by atoms with Crippen molar-refractivity contribution in [1.82, 2.24) is 5.32 Å². The van der Waals surface area contributed by atoms with Crippen LogP contribution in [0.3, 0.4) is 0 Å². The maximum absolute atomic E-state index is 11.8. The van der Waals surface area contributed by atoms with Crippen LogP contribution in [-0.4, -0.2) is 25.3 Å². The van der Waals surface area contributed by atoms with Gasteiger partial charge in [-0.25, -0.2) is 0 Å². The van der Waals surface area contributed by atoms with E-state index in [1.54, 1.807) is 36.4 Å². The highest BCUT2D eigenvalue weighted by molar-refractivity contribution is 6.35. The van der Waals surface area contributed by atoms with Crippen LogP contribution in [0.25, 0.3) is 0 Å². The zero-order valence-electron chi connectivity index (χ0n) is 12.2. The van der Waals surface area contributed by atoms with E-state index in [9.17, 15) is 9.59 Å². The lowest BCUT2D eigenvalue weighted by Crippen LogP contribution is -2.30. The Morgan fingerprint density at radius 1 is 1.17 bits per heavy atom. The number of ether oxygens (including phenoxy) is 1. The Hall–Kier alpha value is -2.04. The van der Waals surface area contributed by atoms with Gasteiger partial charge in [-0.3, -0.25) is 9.59 Å². The molecule has 0 aromatic heterocycles. The molecule has 2 aromatic carbocycles. The van der Waals surface area contributed by atoms with Crippen LogP contribution < -0.4 is 10.1 Å². The molecule has 2 rings (SSSR count). The molecule has 0 atom stereocenters. The number of rotatable bonds is 7. The van der Waals surface area contributed by atoms with Gasteiger partial charge in [0.2, 0.25) is 0 Å². The van der Waals surface area contributed by atoms with Crippen LogP contribution in [0.5, 0.6) is 5.75 Å². The minimum Gasteiger partial charge on any atom is -0.483 e. The van der Waals surface area contributed by atoms with Crippen LogP contribution in [0, 0.1) is 0 Å². The summed E-state index contributed by atoms with van der Waals surface area (Å²) in [6, 6.07) is 12.0. The number of nitrogens with one attached hydrogen (secondary N) is 1. The minimum atomic E-state index is -0.268. The third kappa shape index (κ3) is 5.27. The Bertz CT molecular complexity index is 704. The summed E-state index contributed by atoms with van der Waals surface area (Å²) in [6.07, 6.45) is 1.28. The number of carbonyl (C=O) groups excluding carboxylic acids is 2. The molecule has 0 saturated heterocycles. The summed E-state index contributed by atoms with van der Waals surface area (Å²) < 4.78 is 5.35.